The van der Waals surface area contributed by atoms with Crippen LogP contribution in [0.5, 0.6) is 0 Å². The molecule has 0 fully saturated rings. The fourth-order valence-corrected chi connectivity index (χ4v) is 4.17. The van der Waals surface area contributed by atoms with E-state index in [0.29, 0.717) is 0 Å². The summed E-state index contributed by atoms with van der Waals surface area (Å²) in [4.78, 5) is 22.8. The number of fused-ring (bicyclic) bond motifs is 2. The van der Waals surface area contributed by atoms with E-state index in [-0.39, 0.29) is 17.2 Å². The van der Waals surface area contributed by atoms with E-state index >= 15 is 0 Å². The van der Waals surface area contributed by atoms with Gasteiger partial charge in [0.2, 0.25) is 5.91 Å². The molecule has 1 aliphatic rings. The number of carbonyl (C=O) groups excluding carboxylic acids is 1. The number of nitrogens with one attached hydrogen (secondary N) is 1. The van der Waals surface area contributed by atoms with E-state index in [1.807, 2.05) is 54.3 Å². The maximum atomic E-state index is 13.0. The Morgan fingerprint density at radius 1 is 1.25 bits per heavy atom. The summed E-state index contributed by atoms with van der Waals surface area (Å²) in [6, 6.07) is 16.3. The third-order valence-corrected chi connectivity index (χ3v) is 5.42. The lowest BCUT2D eigenvalue weighted by atomic mass is 10.1. The zero-order valence-corrected chi connectivity index (χ0v) is 14.5. The summed E-state index contributed by atoms with van der Waals surface area (Å²) in [6.07, 6.45) is 0.921. The number of aromatic amines is 1. The van der Waals surface area contributed by atoms with Crippen molar-refractivity contribution < 1.29 is 4.79 Å². The predicted molar refractivity (Wildman–Crippen MR) is 98.5 cm³/mol. The van der Waals surface area contributed by atoms with Crippen molar-refractivity contribution in [2.75, 3.05) is 4.90 Å². The molecule has 1 amide bonds. The van der Waals surface area contributed by atoms with Crippen molar-refractivity contribution in [3.05, 3.63) is 54.1 Å². The van der Waals surface area contributed by atoms with Crippen LogP contribution >= 0.6 is 11.8 Å². The van der Waals surface area contributed by atoms with E-state index in [1.165, 1.54) is 17.3 Å². The second-order valence-electron chi connectivity index (χ2n) is 6.21. The average molecular weight is 337 g/mol. The van der Waals surface area contributed by atoms with Crippen molar-refractivity contribution in [3.8, 4) is 0 Å². The molecule has 5 heteroatoms. The van der Waals surface area contributed by atoms with E-state index in [0.717, 1.165) is 28.3 Å². The van der Waals surface area contributed by atoms with Gasteiger partial charge in [0, 0.05) is 11.7 Å². The molecule has 0 bridgehead atoms. The number of rotatable bonds is 3. The Morgan fingerprint density at radius 3 is 2.83 bits per heavy atom. The van der Waals surface area contributed by atoms with Gasteiger partial charge in [0.1, 0.15) is 0 Å². The summed E-state index contributed by atoms with van der Waals surface area (Å²) in [5.74, 6) is 0.137. The number of amides is 1. The van der Waals surface area contributed by atoms with Crippen LogP contribution in [0.4, 0.5) is 5.69 Å². The van der Waals surface area contributed by atoms with Crippen LogP contribution < -0.4 is 4.90 Å². The molecular weight excluding hydrogens is 318 g/mol. The van der Waals surface area contributed by atoms with Gasteiger partial charge in [0.05, 0.1) is 16.3 Å². The van der Waals surface area contributed by atoms with E-state index in [2.05, 4.69) is 23.0 Å². The second-order valence-corrected chi connectivity index (χ2v) is 7.54. The number of imidazole rings is 1. The molecule has 4 rings (SSSR count). The zero-order chi connectivity index (χ0) is 16.7. The van der Waals surface area contributed by atoms with Crippen LogP contribution in [0.25, 0.3) is 11.0 Å². The van der Waals surface area contributed by atoms with Gasteiger partial charge < -0.3 is 9.88 Å². The van der Waals surface area contributed by atoms with Crippen molar-refractivity contribution in [1.29, 1.82) is 0 Å². The van der Waals surface area contributed by atoms with Gasteiger partial charge in [-0.25, -0.2) is 4.98 Å². The van der Waals surface area contributed by atoms with Crippen molar-refractivity contribution in [2.45, 2.75) is 36.7 Å². The molecule has 0 radical (unpaired) electrons. The lowest BCUT2D eigenvalue weighted by molar-refractivity contribution is -0.118. The van der Waals surface area contributed by atoms with Crippen LogP contribution in [0.15, 0.2) is 53.7 Å². The summed E-state index contributed by atoms with van der Waals surface area (Å²) < 4.78 is 0. The normalized spacial score (nSPS) is 17.9. The highest BCUT2D eigenvalue weighted by Crippen LogP contribution is 2.34. The minimum absolute atomic E-state index is 0.137. The van der Waals surface area contributed by atoms with Gasteiger partial charge in [-0.2, -0.15) is 0 Å². The van der Waals surface area contributed by atoms with E-state index in [1.54, 1.807) is 0 Å². The standard InChI is InChI=1S/C19H19N3OS/c1-12-11-14-7-3-6-10-17(14)22(12)18(23)13(2)24-19-20-15-8-4-5-9-16(15)21-19/h3-10,12-13H,11H2,1-2H3,(H,20,21)/t12-,13-/m0/s1. The molecule has 0 saturated carbocycles. The van der Waals surface area contributed by atoms with Crippen molar-refractivity contribution in [3.63, 3.8) is 0 Å². The van der Waals surface area contributed by atoms with Gasteiger partial charge in [-0.3, -0.25) is 4.79 Å². The first-order valence-electron chi connectivity index (χ1n) is 8.16. The summed E-state index contributed by atoms with van der Waals surface area (Å²) in [6.45, 7) is 4.06. The molecule has 0 saturated heterocycles. The number of hydrogen-bond acceptors (Lipinski definition) is 3. The number of nitrogens with zero attached hydrogens (tertiary/aromatic N) is 2. The van der Waals surface area contributed by atoms with Gasteiger partial charge in [-0.15, -0.1) is 0 Å². The lowest BCUT2D eigenvalue weighted by Crippen LogP contribution is -2.40. The highest BCUT2D eigenvalue weighted by atomic mass is 32.2. The molecule has 1 aliphatic heterocycles. The molecule has 122 valence electrons. The minimum atomic E-state index is -0.195. The molecule has 3 aromatic rings. The molecule has 0 unspecified atom stereocenters. The number of H-pyrrole nitrogens is 1. The first-order valence-corrected chi connectivity index (χ1v) is 9.04. The van der Waals surface area contributed by atoms with Crippen LogP contribution in [0, 0.1) is 0 Å². The quantitative estimate of drug-likeness (QED) is 0.734. The second kappa shape index (κ2) is 5.98. The van der Waals surface area contributed by atoms with Crippen LogP contribution in [-0.4, -0.2) is 27.2 Å². The number of aromatic nitrogens is 2. The van der Waals surface area contributed by atoms with E-state index < -0.39 is 0 Å². The zero-order valence-electron chi connectivity index (χ0n) is 13.7. The van der Waals surface area contributed by atoms with Gasteiger partial charge in [0.25, 0.3) is 0 Å². The van der Waals surface area contributed by atoms with Crippen LogP contribution in [0.2, 0.25) is 0 Å². The number of para-hydroxylation sites is 3. The first-order chi connectivity index (χ1) is 11.6. The topological polar surface area (TPSA) is 49.0 Å². The van der Waals surface area contributed by atoms with Gasteiger partial charge in [-0.05, 0) is 44.0 Å². The van der Waals surface area contributed by atoms with Crippen LogP contribution in [0.1, 0.15) is 19.4 Å². The molecule has 4 nitrogen and oxygen atoms in total. The molecule has 2 aromatic carbocycles. The monoisotopic (exact) mass is 337 g/mol. The highest BCUT2D eigenvalue weighted by Gasteiger charge is 2.33. The van der Waals surface area contributed by atoms with Crippen LogP contribution in [-0.2, 0) is 11.2 Å². The Labute approximate surface area is 145 Å². The van der Waals surface area contributed by atoms with Crippen molar-refractivity contribution in [2.24, 2.45) is 0 Å². The number of carbonyl (C=O) groups is 1. The molecule has 0 spiro atoms. The minimum Gasteiger partial charge on any atom is -0.333 e. The Balaban J connectivity index is 1.56. The number of anilines is 1. The summed E-state index contributed by atoms with van der Waals surface area (Å²) in [5.41, 5.74) is 4.23. The molecule has 2 heterocycles. The summed E-state index contributed by atoms with van der Waals surface area (Å²) in [5, 5.41) is 0.594. The average Bonchev–Trinajstić information content (AvgIpc) is 3.13. The predicted octanol–water partition coefficient (Wildman–Crippen LogP) is 4.02. The molecule has 1 aromatic heterocycles. The van der Waals surface area contributed by atoms with Crippen molar-refractivity contribution in [1.82, 2.24) is 9.97 Å². The number of hydrogen-bond donors (Lipinski definition) is 1. The summed E-state index contributed by atoms with van der Waals surface area (Å²) in [7, 11) is 0. The number of thioether (sulfide) groups is 1. The smallest absolute Gasteiger partial charge is 0.240 e. The van der Waals surface area contributed by atoms with Gasteiger partial charge in [-0.1, -0.05) is 42.1 Å². The third-order valence-electron chi connectivity index (χ3n) is 4.45. The Hall–Kier alpha value is -2.27. The largest absolute Gasteiger partial charge is 0.333 e. The molecule has 0 aliphatic carbocycles. The van der Waals surface area contributed by atoms with E-state index in [9.17, 15) is 4.79 Å². The lowest BCUT2D eigenvalue weighted by Gasteiger charge is -2.25. The highest BCUT2D eigenvalue weighted by molar-refractivity contribution is 8.00. The van der Waals surface area contributed by atoms with E-state index in [4.69, 9.17) is 0 Å². The van der Waals surface area contributed by atoms with Gasteiger partial charge >= 0.3 is 0 Å². The maximum absolute atomic E-state index is 13.0. The molecule has 24 heavy (non-hydrogen) atoms. The van der Waals surface area contributed by atoms with Gasteiger partial charge in [0.15, 0.2) is 5.16 Å². The fraction of sp³-hybridized carbons (Fsp3) is 0.263. The fourth-order valence-electron chi connectivity index (χ4n) is 3.30. The van der Waals surface area contributed by atoms with Crippen molar-refractivity contribution >= 4 is 34.4 Å². The number of benzene rings is 2. The van der Waals surface area contributed by atoms with Crippen LogP contribution in [0.3, 0.4) is 0 Å². The maximum Gasteiger partial charge on any atom is 0.240 e. The Bertz CT molecular complexity index is 871. The third kappa shape index (κ3) is 2.59. The SMILES string of the molecule is C[C@H](Sc1nc2ccccc2[nH]1)C(=O)N1c2ccccc2C[C@@H]1C. The molecule has 1 N–H and O–H groups in total. The molecule has 2 atom stereocenters. The Morgan fingerprint density at radius 2 is 2.00 bits per heavy atom. The molecular formula is C19H19N3OS. The Kier molecular flexibility index (Phi) is 3.81. The summed E-state index contributed by atoms with van der Waals surface area (Å²) >= 11 is 1.48. The first kappa shape index (κ1) is 15.3.